The highest BCUT2D eigenvalue weighted by Crippen LogP contribution is 2.31. The Morgan fingerprint density at radius 3 is 2.73 bits per heavy atom. The summed E-state index contributed by atoms with van der Waals surface area (Å²) in [6, 6.07) is 12.8. The molecule has 4 heterocycles. The highest BCUT2D eigenvalue weighted by molar-refractivity contribution is 5.92. The monoisotopic (exact) mass is 443 g/mol. The lowest BCUT2D eigenvalue weighted by molar-refractivity contribution is 0.0939. The van der Waals surface area contributed by atoms with Crippen LogP contribution in [0.4, 0.5) is 4.39 Å². The molecular formula is C26H26FN5O. The van der Waals surface area contributed by atoms with E-state index in [2.05, 4.69) is 20.2 Å². The second-order valence-corrected chi connectivity index (χ2v) is 8.46. The molecule has 0 bridgehead atoms. The topological polar surface area (TPSA) is 62.5 Å². The molecule has 6 nitrogen and oxygen atoms in total. The molecule has 1 aliphatic rings. The fraction of sp³-hybridized carbons (Fsp3) is 0.269. The third kappa shape index (κ3) is 4.36. The van der Waals surface area contributed by atoms with Crippen molar-refractivity contribution < 1.29 is 9.18 Å². The Bertz CT molecular complexity index is 1310. The van der Waals surface area contributed by atoms with E-state index >= 15 is 0 Å². The van der Waals surface area contributed by atoms with Crippen LogP contribution in [0.25, 0.3) is 27.9 Å². The van der Waals surface area contributed by atoms with Crippen LogP contribution in [0.1, 0.15) is 29.0 Å². The zero-order valence-corrected chi connectivity index (χ0v) is 18.6. The highest BCUT2D eigenvalue weighted by Gasteiger charge is 2.16. The summed E-state index contributed by atoms with van der Waals surface area (Å²) in [5.41, 5.74) is 4.82. The number of nitrogens with one attached hydrogen (secondary N) is 1. The minimum Gasteiger partial charge on any atom is -0.348 e. The maximum atomic E-state index is 13.8. The number of amides is 1. The molecule has 1 aliphatic heterocycles. The molecule has 1 aromatic carbocycles. The summed E-state index contributed by atoms with van der Waals surface area (Å²) in [6.07, 6.45) is 7.80. The number of aryl methyl sites for hydroxylation is 1. The molecule has 0 atom stereocenters. The zero-order valence-electron chi connectivity index (χ0n) is 18.6. The van der Waals surface area contributed by atoms with E-state index in [0.717, 1.165) is 47.5 Å². The largest absolute Gasteiger partial charge is 0.348 e. The number of carbonyl (C=O) groups is 1. The summed E-state index contributed by atoms with van der Waals surface area (Å²) in [4.78, 5) is 24.1. The summed E-state index contributed by atoms with van der Waals surface area (Å²) in [5.74, 6) is -0.0697. The van der Waals surface area contributed by atoms with Crippen molar-refractivity contribution in [3.8, 4) is 22.4 Å². The lowest BCUT2D eigenvalue weighted by Gasteiger charge is -2.14. The molecular weight excluding hydrogens is 417 g/mol. The Morgan fingerprint density at radius 1 is 1.09 bits per heavy atom. The second-order valence-electron chi connectivity index (χ2n) is 8.46. The van der Waals surface area contributed by atoms with Crippen LogP contribution in [0.2, 0.25) is 0 Å². The fourth-order valence-electron chi connectivity index (χ4n) is 4.39. The van der Waals surface area contributed by atoms with E-state index < -0.39 is 0 Å². The number of aromatic nitrogens is 3. The van der Waals surface area contributed by atoms with Crippen LogP contribution < -0.4 is 5.32 Å². The number of carbonyl (C=O) groups excluding carboxylic acids is 1. The summed E-state index contributed by atoms with van der Waals surface area (Å²) in [6.45, 7) is 5.41. The first-order chi connectivity index (χ1) is 16.1. The quantitative estimate of drug-likeness (QED) is 0.482. The number of pyridine rings is 2. The molecule has 0 spiro atoms. The molecule has 33 heavy (non-hydrogen) atoms. The molecule has 168 valence electrons. The highest BCUT2D eigenvalue weighted by atomic mass is 19.1. The standard InChI is InChI=1S/C26H26FN5O/c1-18-15-19(7-9-23(18)27)24-22(5-4-10-28-24)20-6-8-21-16-30-25(32(21)17-20)26(33)29-11-14-31-12-2-3-13-31/h4-10,15-17H,2-3,11-14H2,1H3,(H,29,33). The van der Waals surface area contributed by atoms with Crippen molar-refractivity contribution in [2.45, 2.75) is 19.8 Å². The van der Waals surface area contributed by atoms with Crippen molar-refractivity contribution >= 4 is 11.4 Å². The van der Waals surface area contributed by atoms with Gasteiger partial charge in [0.25, 0.3) is 5.91 Å². The summed E-state index contributed by atoms with van der Waals surface area (Å²) >= 11 is 0. The van der Waals surface area contributed by atoms with Crippen molar-refractivity contribution in [3.63, 3.8) is 0 Å². The van der Waals surface area contributed by atoms with Gasteiger partial charge in [-0.2, -0.15) is 0 Å². The second kappa shape index (κ2) is 9.11. The normalized spacial score (nSPS) is 14.1. The molecule has 1 N–H and O–H groups in total. The molecule has 0 saturated carbocycles. The van der Waals surface area contributed by atoms with Gasteiger partial charge in [-0.25, -0.2) is 9.37 Å². The van der Waals surface area contributed by atoms with Gasteiger partial charge in [0.15, 0.2) is 0 Å². The first kappa shape index (κ1) is 21.3. The lowest BCUT2D eigenvalue weighted by atomic mass is 9.99. The van der Waals surface area contributed by atoms with Crippen LogP contribution >= 0.6 is 0 Å². The van der Waals surface area contributed by atoms with E-state index in [1.165, 1.54) is 18.9 Å². The summed E-state index contributed by atoms with van der Waals surface area (Å²) < 4.78 is 15.6. The number of fused-ring (bicyclic) bond motifs is 1. The van der Waals surface area contributed by atoms with E-state index in [0.29, 0.717) is 17.9 Å². The van der Waals surface area contributed by atoms with Crippen molar-refractivity contribution in [2.24, 2.45) is 0 Å². The van der Waals surface area contributed by atoms with Crippen molar-refractivity contribution in [3.05, 3.63) is 78.3 Å². The predicted octanol–water partition coefficient (Wildman–Crippen LogP) is 4.34. The van der Waals surface area contributed by atoms with Crippen LogP contribution in [0.5, 0.6) is 0 Å². The van der Waals surface area contributed by atoms with E-state index in [1.807, 2.05) is 34.9 Å². The SMILES string of the molecule is Cc1cc(-c2ncccc2-c2ccc3cnc(C(=O)NCCN4CCCC4)n3c2)ccc1F. The number of rotatable bonds is 6. The molecule has 1 saturated heterocycles. The molecule has 0 unspecified atom stereocenters. The first-order valence-corrected chi connectivity index (χ1v) is 11.3. The van der Waals surface area contributed by atoms with Crippen molar-refractivity contribution in [2.75, 3.05) is 26.2 Å². The third-order valence-corrected chi connectivity index (χ3v) is 6.19. The van der Waals surface area contributed by atoms with Gasteiger partial charge in [-0.3, -0.25) is 14.2 Å². The van der Waals surface area contributed by atoms with Crippen LogP contribution in [0.3, 0.4) is 0 Å². The summed E-state index contributed by atoms with van der Waals surface area (Å²) in [7, 11) is 0. The van der Waals surface area contributed by atoms with Gasteiger partial charge in [-0.05, 0) is 68.8 Å². The molecule has 0 radical (unpaired) electrons. The van der Waals surface area contributed by atoms with Crippen molar-refractivity contribution in [1.82, 2.24) is 24.6 Å². The van der Waals surface area contributed by atoms with Crippen LogP contribution in [0, 0.1) is 12.7 Å². The van der Waals surface area contributed by atoms with Crippen LogP contribution in [-0.4, -0.2) is 51.4 Å². The number of halogens is 1. The van der Waals surface area contributed by atoms with E-state index in [9.17, 15) is 9.18 Å². The fourth-order valence-corrected chi connectivity index (χ4v) is 4.39. The maximum absolute atomic E-state index is 13.8. The van der Waals surface area contributed by atoms with E-state index in [1.54, 1.807) is 31.5 Å². The average Bonchev–Trinajstić information content (AvgIpc) is 3.50. The minimum absolute atomic E-state index is 0.188. The van der Waals surface area contributed by atoms with Gasteiger partial charge in [0.1, 0.15) is 5.82 Å². The van der Waals surface area contributed by atoms with Gasteiger partial charge in [-0.1, -0.05) is 12.1 Å². The average molecular weight is 444 g/mol. The van der Waals surface area contributed by atoms with Gasteiger partial charge in [-0.15, -0.1) is 0 Å². The smallest absolute Gasteiger partial charge is 0.287 e. The number of nitrogens with zero attached hydrogens (tertiary/aromatic N) is 4. The Morgan fingerprint density at radius 2 is 1.91 bits per heavy atom. The molecule has 0 aliphatic carbocycles. The Hall–Kier alpha value is -3.58. The van der Waals surface area contributed by atoms with Gasteiger partial charge in [0.2, 0.25) is 5.82 Å². The Balaban J connectivity index is 1.44. The van der Waals surface area contributed by atoms with Gasteiger partial charge in [0.05, 0.1) is 17.4 Å². The number of likely N-dealkylation sites (tertiary alicyclic amines) is 1. The first-order valence-electron chi connectivity index (χ1n) is 11.3. The van der Waals surface area contributed by atoms with Gasteiger partial charge in [0, 0.05) is 42.2 Å². The number of imidazole rings is 1. The minimum atomic E-state index is -0.239. The van der Waals surface area contributed by atoms with Gasteiger partial charge < -0.3 is 10.2 Å². The number of hydrogen-bond donors (Lipinski definition) is 1. The number of hydrogen-bond acceptors (Lipinski definition) is 4. The third-order valence-electron chi connectivity index (χ3n) is 6.19. The van der Waals surface area contributed by atoms with Crippen LogP contribution in [0.15, 0.2) is 61.1 Å². The molecule has 1 fully saturated rings. The molecule has 7 heteroatoms. The predicted molar refractivity (Wildman–Crippen MR) is 127 cm³/mol. The molecule has 4 aromatic rings. The Labute approximate surface area is 192 Å². The lowest BCUT2D eigenvalue weighted by Crippen LogP contribution is -2.34. The molecule has 3 aromatic heterocycles. The van der Waals surface area contributed by atoms with E-state index in [4.69, 9.17) is 0 Å². The van der Waals surface area contributed by atoms with Gasteiger partial charge >= 0.3 is 0 Å². The Kier molecular flexibility index (Phi) is 5.88. The molecule has 1 amide bonds. The maximum Gasteiger partial charge on any atom is 0.287 e. The van der Waals surface area contributed by atoms with E-state index in [-0.39, 0.29) is 11.7 Å². The number of benzene rings is 1. The van der Waals surface area contributed by atoms with Crippen LogP contribution in [-0.2, 0) is 0 Å². The van der Waals surface area contributed by atoms with Crippen molar-refractivity contribution in [1.29, 1.82) is 0 Å². The molecule has 5 rings (SSSR count). The zero-order chi connectivity index (χ0) is 22.8. The summed E-state index contributed by atoms with van der Waals surface area (Å²) in [5, 5.41) is 3.00.